The lowest BCUT2D eigenvalue weighted by atomic mass is 10.1. The molecular weight excluding hydrogens is 244 g/mol. The first-order valence-corrected chi connectivity index (χ1v) is 8.32. The second-order valence-corrected chi connectivity index (χ2v) is 6.10. The molecule has 1 aliphatic rings. The quantitative estimate of drug-likeness (QED) is 0.657. The first kappa shape index (κ1) is 15.5. The van der Waals surface area contributed by atoms with Crippen molar-refractivity contribution in [1.82, 2.24) is 10.2 Å². The highest BCUT2D eigenvalue weighted by atomic mass is 15.1. The van der Waals surface area contributed by atoms with Gasteiger partial charge in [0.1, 0.15) is 0 Å². The summed E-state index contributed by atoms with van der Waals surface area (Å²) in [5, 5.41) is 3.38. The Morgan fingerprint density at radius 3 is 2.40 bits per heavy atom. The minimum atomic E-state index is 0.987. The molecule has 1 aromatic rings. The van der Waals surface area contributed by atoms with Crippen LogP contribution in [0.25, 0.3) is 0 Å². The van der Waals surface area contributed by atoms with Gasteiger partial charge in [0.05, 0.1) is 0 Å². The molecule has 2 heteroatoms. The van der Waals surface area contributed by atoms with E-state index in [-0.39, 0.29) is 0 Å². The molecule has 0 saturated heterocycles. The predicted octanol–water partition coefficient (Wildman–Crippen LogP) is 3.46. The van der Waals surface area contributed by atoms with Crippen molar-refractivity contribution in [1.29, 1.82) is 0 Å². The van der Waals surface area contributed by atoms with Crippen LogP contribution in [0.4, 0.5) is 0 Å². The Kier molecular flexibility index (Phi) is 6.55. The minimum Gasteiger partial charge on any atom is -0.317 e. The average Bonchev–Trinajstić information content (AvgIpc) is 3.25. The fourth-order valence-electron chi connectivity index (χ4n) is 2.70. The van der Waals surface area contributed by atoms with Crippen molar-refractivity contribution >= 4 is 0 Å². The normalized spacial score (nSPS) is 14.9. The second-order valence-electron chi connectivity index (χ2n) is 6.10. The molecule has 0 aromatic heterocycles. The van der Waals surface area contributed by atoms with Gasteiger partial charge in [-0.3, -0.25) is 4.90 Å². The zero-order valence-corrected chi connectivity index (χ0v) is 13.2. The fraction of sp³-hybridized carbons (Fsp3) is 0.667. The summed E-state index contributed by atoms with van der Waals surface area (Å²) >= 11 is 0. The fourth-order valence-corrected chi connectivity index (χ4v) is 2.70. The number of nitrogens with one attached hydrogen (secondary N) is 1. The Bertz CT molecular complexity index is 368. The van der Waals surface area contributed by atoms with Crippen LogP contribution in [0.5, 0.6) is 0 Å². The van der Waals surface area contributed by atoms with E-state index >= 15 is 0 Å². The van der Waals surface area contributed by atoms with Gasteiger partial charge in [0, 0.05) is 13.1 Å². The number of rotatable bonds is 10. The van der Waals surface area contributed by atoms with Crippen molar-refractivity contribution < 1.29 is 0 Å². The monoisotopic (exact) mass is 274 g/mol. The molecule has 1 saturated carbocycles. The Morgan fingerprint density at radius 2 is 1.80 bits per heavy atom. The standard InChI is InChI=1S/C18H30N2/c1-3-13-20(15-18-9-10-18)14-17-7-5-16(6-8-17)11-12-19-4-2/h5-8,18-19H,3-4,9-15H2,1-2H3. The van der Waals surface area contributed by atoms with Gasteiger partial charge in [0.15, 0.2) is 0 Å². The highest BCUT2D eigenvalue weighted by Gasteiger charge is 2.23. The van der Waals surface area contributed by atoms with Gasteiger partial charge in [-0.25, -0.2) is 0 Å². The maximum absolute atomic E-state index is 3.38. The van der Waals surface area contributed by atoms with E-state index in [9.17, 15) is 0 Å². The Hall–Kier alpha value is -0.860. The number of hydrogen-bond donors (Lipinski definition) is 1. The van der Waals surface area contributed by atoms with Crippen LogP contribution in [-0.2, 0) is 13.0 Å². The Balaban J connectivity index is 1.81. The lowest BCUT2D eigenvalue weighted by Gasteiger charge is -2.21. The molecular formula is C18H30N2. The van der Waals surface area contributed by atoms with E-state index in [4.69, 9.17) is 0 Å². The first-order valence-electron chi connectivity index (χ1n) is 8.32. The van der Waals surface area contributed by atoms with Crippen LogP contribution in [0.3, 0.4) is 0 Å². The van der Waals surface area contributed by atoms with Crippen LogP contribution in [0.15, 0.2) is 24.3 Å². The molecule has 0 heterocycles. The van der Waals surface area contributed by atoms with Crippen molar-refractivity contribution in [2.45, 2.75) is 46.1 Å². The van der Waals surface area contributed by atoms with Gasteiger partial charge in [-0.15, -0.1) is 0 Å². The Morgan fingerprint density at radius 1 is 1.10 bits per heavy atom. The van der Waals surface area contributed by atoms with Gasteiger partial charge < -0.3 is 5.32 Å². The molecule has 0 atom stereocenters. The highest BCUT2D eigenvalue weighted by Crippen LogP contribution is 2.30. The summed E-state index contributed by atoms with van der Waals surface area (Å²) < 4.78 is 0. The molecule has 2 rings (SSSR count). The molecule has 0 aliphatic heterocycles. The molecule has 0 amide bonds. The third-order valence-electron chi connectivity index (χ3n) is 4.02. The molecule has 1 N–H and O–H groups in total. The van der Waals surface area contributed by atoms with E-state index in [0.717, 1.165) is 32.0 Å². The summed E-state index contributed by atoms with van der Waals surface area (Å²) in [6.07, 6.45) is 5.29. The predicted molar refractivity (Wildman–Crippen MR) is 87.0 cm³/mol. The lowest BCUT2D eigenvalue weighted by Crippen LogP contribution is -2.26. The van der Waals surface area contributed by atoms with E-state index in [1.807, 2.05) is 0 Å². The number of nitrogens with zero attached hydrogens (tertiary/aromatic N) is 1. The van der Waals surface area contributed by atoms with Crippen molar-refractivity contribution in [3.63, 3.8) is 0 Å². The smallest absolute Gasteiger partial charge is 0.0233 e. The van der Waals surface area contributed by atoms with Crippen LogP contribution in [0, 0.1) is 5.92 Å². The topological polar surface area (TPSA) is 15.3 Å². The van der Waals surface area contributed by atoms with Crippen molar-refractivity contribution in [3.05, 3.63) is 35.4 Å². The SMILES string of the molecule is CCCN(Cc1ccc(CCNCC)cc1)CC1CC1. The van der Waals surface area contributed by atoms with Gasteiger partial charge in [0.2, 0.25) is 0 Å². The summed E-state index contributed by atoms with van der Waals surface area (Å²) in [5.74, 6) is 0.987. The third kappa shape index (κ3) is 5.64. The highest BCUT2D eigenvalue weighted by molar-refractivity contribution is 5.22. The molecule has 0 unspecified atom stereocenters. The molecule has 0 spiro atoms. The van der Waals surface area contributed by atoms with Crippen molar-refractivity contribution in [2.24, 2.45) is 5.92 Å². The maximum atomic E-state index is 3.38. The van der Waals surface area contributed by atoms with E-state index < -0.39 is 0 Å². The summed E-state index contributed by atoms with van der Waals surface area (Å²) in [4.78, 5) is 2.63. The van der Waals surface area contributed by atoms with Crippen LogP contribution in [-0.4, -0.2) is 31.1 Å². The lowest BCUT2D eigenvalue weighted by molar-refractivity contribution is 0.255. The summed E-state index contributed by atoms with van der Waals surface area (Å²) in [7, 11) is 0. The minimum absolute atomic E-state index is 0.987. The van der Waals surface area contributed by atoms with E-state index in [0.29, 0.717) is 0 Å². The molecule has 1 aromatic carbocycles. The second kappa shape index (κ2) is 8.43. The van der Waals surface area contributed by atoms with Crippen LogP contribution >= 0.6 is 0 Å². The van der Waals surface area contributed by atoms with Crippen LogP contribution in [0.2, 0.25) is 0 Å². The summed E-state index contributed by atoms with van der Waals surface area (Å²) in [6.45, 7) is 10.2. The molecule has 0 bridgehead atoms. The zero-order chi connectivity index (χ0) is 14.2. The maximum Gasteiger partial charge on any atom is 0.0233 e. The molecule has 2 nitrogen and oxygen atoms in total. The van der Waals surface area contributed by atoms with E-state index in [1.165, 1.54) is 43.5 Å². The van der Waals surface area contributed by atoms with Crippen molar-refractivity contribution in [2.75, 3.05) is 26.2 Å². The molecule has 0 radical (unpaired) electrons. The summed E-state index contributed by atoms with van der Waals surface area (Å²) in [6, 6.07) is 9.23. The van der Waals surface area contributed by atoms with E-state index in [2.05, 4.69) is 48.3 Å². The van der Waals surface area contributed by atoms with Gasteiger partial charge in [-0.1, -0.05) is 38.1 Å². The summed E-state index contributed by atoms with van der Waals surface area (Å²) in [5.41, 5.74) is 2.91. The zero-order valence-electron chi connectivity index (χ0n) is 13.2. The van der Waals surface area contributed by atoms with E-state index in [1.54, 1.807) is 0 Å². The molecule has 112 valence electrons. The first-order chi connectivity index (χ1) is 9.81. The van der Waals surface area contributed by atoms with Gasteiger partial charge >= 0.3 is 0 Å². The Labute approximate surface area is 124 Å². The van der Waals surface area contributed by atoms with Gasteiger partial charge in [-0.2, -0.15) is 0 Å². The largest absolute Gasteiger partial charge is 0.317 e. The van der Waals surface area contributed by atoms with Crippen molar-refractivity contribution in [3.8, 4) is 0 Å². The van der Waals surface area contributed by atoms with Crippen LogP contribution < -0.4 is 5.32 Å². The third-order valence-corrected chi connectivity index (χ3v) is 4.02. The average molecular weight is 274 g/mol. The molecule has 20 heavy (non-hydrogen) atoms. The van der Waals surface area contributed by atoms with Crippen LogP contribution in [0.1, 0.15) is 44.2 Å². The number of benzene rings is 1. The van der Waals surface area contributed by atoms with Gasteiger partial charge in [0.25, 0.3) is 0 Å². The molecule has 1 aliphatic carbocycles. The number of likely N-dealkylation sites (N-methyl/N-ethyl adjacent to an activating group) is 1. The van der Waals surface area contributed by atoms with Gasteiger partial charge in [-0.05, 0) is 62.4 Å². The molecule has 1 fully saturated rings. The number of hydrogen-bond acceptors (Lipinski definition) is 2.